The van der Waals surface area contributed by atoms with Gasteiger partial charge < -0.3 is 4.74 Å². The minimum Gasteiger partial charge on any atom is -0.448 e. The van der Waals surface area contributed by atoms with Crippen LogP contribution in [0.25, 0.3) is 0 Å². The first-order valence-corrected chi connectivity index (χ1v) is 3.32. The van der Waals surface area contributed by atoms with Gasteiger partial charge in [-0.05, 0) is 12.8 Å². The highest BCUT2D eigenvalue weighted by molar-refractivity contribution is 5.78. The monoisotopic (exact) mass is 143 g/mol. The maximum absolute atomic E-state index is 10.5. The van der Waals surface area contributed by atoms with E-state index < -0.39 is 6.09 Å². The zero-order valence-electron chi connectivity index (χ0n) is 6.63. The zero-order chi connectivity index (χ0) is 7.98. The summed E-state index contributed by atoms with van der Waals surface area (Å²) in [6.45, 7) is 6.07. The molecule has 0 aromatic heterocycles. The molecule has 0 radical (unpaired) electrons. The van der Waals surface area contributed by atoms with E-state index in [-0.39, 0.29) is 0 Å². The lowest BCUT2D eigenvalue weighted by Gasteiger charge is -2.02. The van der Waals surface area contributed by atoms with Crippen LogP contribution in [0.1, 0.15) is 20.8 Å². The molecule has 0 bridgehead atoms. The maximum atomic E-state index is 10.5. The Balaban J connectivity index is 3.40. The van der Waals surface area contributed by atoms with Crippen LogP contribution in [0, 0.1) is 5.92 Å². The second-order valence-electron chi connectivity index (χ2n) is 2.36. The second-order valence-corrected chi connectivity index (χ2v) is 2.36. The minimum absolute atomic E-state index is 0.371. The lowest BCUT2D eigenvalue weighted by atomic mass is 10.2. The standard InChI is InChI=1S/C7H13NO2/c1-4-8-7(9)10-5-6(2)3/h4,6H,5H2,1-3H3. The number of nitrogens with zero attached hydrogens (tertiary/aromatic N) is 1. The molecule has 3 nitrogen and oxygen atoms in total. The van der Waals surface area contributed by atoms with E-state index in [1.807, 2.05) is 13.8 Å². The molecule has 0 heterocycles. The van der Waals surface area contributed by atoms with E-state index in [2.05, 4.69) is 4.99 Å². The van der Waals surface area contributed by atoms with Crippen molar-refractivity contribution in [3.63, 3.8) is 0 Å². The predicted octanol–water partition coefficient (Wildman–Crippen LogP) is 1.87. The van der Waals surface area contributed by atoms with Crippen LogP contribution in [0.4, 0.5) is 4.79 Å². The van der Waals surface area contributed by atoms with Crippen molar-refractivity contribution in [2.24, 2.45) is 10.9 Å². The number of carbonyl (C=O) groups is 1. The first-order valence-electron chi connectivity index (χ1n) is 3.32. The molecule has 0 aromatic rings. The van der Waals surface area contributed by atoms with Crippen LogP contribution in [-0.4, -0.2) is 18.9 Å². The van der Waals surface area contributed by atoms with Crippen LogP contribution in [0.15, 0.2) is 4.99 Å². The summed E-state index contributed by atoms with van der Waals surface area (Å²) in [5.74, 6) is 0.371. The molecule has 58 valence electrons. The van der Waals surface area contributed by atoms with Crippen molar-refractivity contribution >= 4 is 12.3 Å². The summed E-state index contributed by atoms with van der Waals surface area (Å²) in [4.78, 5) is 13.9. The Hall–Kier alpha value is -0.860. The number of hydrogen-bond acceptors (Lipinski definition) is 2. The van der Waals surface area contributed by atoms with E-state index in [4.69, 9.17) is 4.74 Å². The molecule has 3 heteroatoms. The van der Waals surface area contributed by atoms with Crippen LogP contribution in [0.3, 0.4) is 0 Å². The third-order valence-corrected chi connectivity index (χ3v) is 0.775. The van der Waals surface area contributed by atoms with Gasteiger partial charge in [0.25, 0.3) is 0 Å². The van der Waals surface area contributed by atoms with Gasteiger partial charge in [-0.1, -0.05) is 13.8 Å². The van der Waals surface area contributed by atoms with E-state index in [1.165, 1.54) is 6.21 Å². The van der Waals surface area contributed by atoms with Gasteiger partial charge >= 0.3 is 6.09 Å². The first-order chi connectivity index (χ1) is 4.66. The normalized spacial score (nSPS) is 10.8. The molecule has 10 heavy (non-hydrogen) atoms. The largest absolute Gasteiger partial charge is 0.448 e. The van der Waals surface area contributed by atoms with Gasteiger partial charge in [0.2, 0.25) is 0 Å². The van der Waals surface area contributed by atoms with Gasteiger partial charge in [0.15, 0.2) is 0 Å². The lowest BCUT2D eigenvalue weighted by Crippen LogP contribution is -2.05. The Bertz CT molecular complexity index is 130. The van der Waals surface area contributed by atoms with Gasteiger partial charge in [-0.2, -0.15) is 4.99 Å². The summed E-state index contributed by atoms with van der Waals surface area (Å²) in [5.41, 5.74) is 0. The van der Waals surface area contributed by atoms with Crippen LogP contribution in [0.5, 0.6) is 0 Å². The summed E-state index contributed by atoms with van der Waals surface area (Å²) in [7, 11) is 0. The van der Waals surface area contributed by atoms with Crippen molar-refractivity contribution in [1.82, 2.24) is 0 Å². The highest BCUT2D eigenvalue weighted by Gasteiger charge is 1.98. The highest BCUT2D eigenvalue weighted by Crippen LogP contribution is 1.93. The number of rotatable bonds is 2. The molecular weight excluding hydrogens is 130 g/mol. The van der Waals surface area contributed by atoms with E-state index in [0.29, 0.717) is 12.5 Å². The number of carbonyl (C=O) groups excluding carboxylic acids is 1. The summed E-state index contributed by atoms with van der Waals surface area (Å²) in [6.07, 6.45) is 0.916. The Morgan fingerprint density at radius 3 is 2.70 bits per heavy atom. The molecule has 0 aliphatic carbocycles. The van der Waals surface area contributed by atoms with Gasteiger partial charge in [-0.3, -0.25) is 0 Å². The Morgan fingerprint density at radius 2 is 2.30 bits per heavy atom. The van der Waals surface area contributed by atoms with Gasteiger partial charge in [0.1, 0.15) is 0 Å². The van der Waals surface area contributed by atoms with Gasteiger partial charge in [-0.25, -0.2) is 4.79 Å². The fraction of sp³-hybridized carbons (Fsp3) is 0.714. The Kier molecular flexibility index (Phi) is 4.54. The van der Waals surface area contributed by atoms with Crippen molar-refractivity contribution in [2.45, 2.75) is 20.8 Å². The van der Waals surface area contributed by atoms with Gasteiger partial charge in [-0.15, -0.1) is 0 Å². The van der Waals surface area contributed by atoms with Crippen molar-refractivity contribution in [1.29, 1.82) is 0 Å². The third-order valence-electron chi connectivity index (χ3n) is 0.775. The van der Waals surface area contributed by atoms with E-state index in [9.17, 15) is 4.79 Å². The van der Waals surface area contributed by atoms with Crippen molar-refractivity contribution in [3.05, 3.63) is 0 Å². The third kappa shape index (κ3) is 5.28. The number of hydrogen-bond donors (Lipinski definition) is 0. The first kappa shape index (κ1) is 9.14. The zero-order valence-corrected chi connectivity index (χ0v) is 6.63. The summed E-state index contributed by atoms with van der Waals surface area (Å²) in [5, 5.41) is 0. The molecule has 1 amide bonds. The van der Waals surface area contributed by atoms with E-state index in [1.54, 1.807) is 6.92 Å². The van der Waals surface area contributed by atoms with E-state index >= 15 is 0 Å². The van der Waals surface area contributed by atoms with Gasteiger partial charge in [0.05, 0.1) is 6.61 Å². The highest BCUT2D eigenvalue weighted by atomic mass is 16.5. The average molecular weight is 143 g/mol. The minimum atomic E-state index is -0.504. The number of aliphatic imine (C=N–C) groups is 1. The second kappa shape index (κ2) is 4.97. The quantitative estimate of drug-likeness (QED) is 0.553. The molecule has 0 spiro atoms. The fourth-order valence-electron chi connectivity index (χ4n) is 0.381. The van der Waals surface area contributed by atoms with Crippen molar-refractivity contribution < 1.29 is 9.53 Å². The molecule has 0 saturated carbocycles. The molecule has 0 aromatic carbocycles. The SMILES string of the molecule is CC=NC(=O)OCC(C)C. The number of amides is 1. The topological polar surface area (TPSA) is 38.7 Å². The van der Waals surface area contributed by atoms with Crippen LogP contribution >= 0.6 is 0 Å². The van der Waals surface area contributed by atoms with Crippen molar-refractivity contribution in [2.75, 3.05) is 6.61 Å². The summed E-state index contributed by atoms with van der Waals surface area (Å²) < 4.78 is 4.71. The molecule has 0 unspecified atom stereocenters. The number of ether oxygens (including phenoxy) is 1. The maximum Gasteiger partial charge on any atom is 0.433 e. The molecule has 0 aliphatic heterocycles. The van der Waals surface area contributed by atoms with Gasteiger partial charge in [0, 0.05) is 6.21 Å². The smallest absolute Gasteiger partial charge is 0.433 e. The average Bonchev–Trinajstić information content (AvgIpc) is 1.85. The fourth-order valence-corrected chi connectivity index (χ4v) is 0.381. The molecule has 0 aliphatic rings. The molecular formula is C7H13NO2. The van der Waals surface area contributed by atoms with E-state index in [0.717, 1.165) is 0 Å². The Labute approximate surface area is 61.1 Å². The molecule has 0 rings (SSSR count). The Morgan fingerprint density at radius 1 is 1.70 bits per heavy atom. The molecule has 0 atom stereocenters. The lowest BCUT2D eigenvalue weighted by molar-refractivity contribution is 0.143. The molecule has 0 saturated heterocycles. The summed E-state index contributed by atoms with van der Waals surface area (Å²) >= 11 is 0. The van der Waals surface area contributed by atoms with Crippen LogP contribution < -0.4 is 0 Å². The van der Waals surface area contributed by atoms with Crippen LogP contribution in [0.2, 0.25) is 0 Å². The summed E-state index contributed by atoms with van der Waals surface area (Å²) in [6, 6.07) is 0. The predicted molar refractivity (Wildman–Crippen MR) is 40.4 cm³/mol. The van der Waals surface area contributed by atoms with Crippen LogP contribution in [-0.2, 0) is 4.74 Å². The van der Waals surface area contributed by atoms with Crippen molar-refractivity contribution in [3.8, 4) is 0 Å². The molecule has 0 fully saturated rings. The molecule has 0 N–H and O–H groups in total.